The van der Waals surface area contributed by atoms with Crippen molar-refractivity contribution in [3.05, 3.63) is 54.1 Å². The molecule has 2 aliphatic rings. The lowest BCUT2D eigenvalue weighted by atomic mass is 10.0. The standard InChI is InChI=1S/C32H47N3O6S/c1-23-19-35(24(2)22-36)32(37)29-18-27(33-42(38,39)28-11-6-5-7-12-28)15-16-30(29)41-25(3)10-8-9-17-40-31(23)21-34(4)20-26-13-14-26/h5-7,11-12,15-16,18,23-26,31,33,36H,8-10,13-14,17,19-22H2,1-4H3/t23-,24+,25+,31-/m0/s1. The second-order valence-electron chi connectivity index (χ2n) is 12.1. The molecule has 1 heterocycles. The average Bonchev–Trinajstić information content (AvgIpc) is 3.78. The fourth-order valence-electron chi connectivity index (χ4n) is 5.39. The predicted molar refractivity (Wildman–Crippen MR) is 164 cm³/mol. The first-order chi connectivity index (χ1) is 20.1. The number of fused-ring (bicyclic) bond motifs is 1. The van der Waals surface area contributed by atoms with Crippen molar-refractivity contribution in [2.45, 2.75) is 76.0 Å². The first-order valence-electron chi connectivity index (χ1n) is 15.2. The molecule has 1 aliphatic heterocycles. The third-order valence-electron chi connectivity index (χ3n) is 8.12. The van der Waals surface area contributed by atoms with Crippen LogP contribution in [0.15, 0.2) is 53.4 Å². The number of aliphatic hydroxyl groups excluding tert-OH is 1. The molecule has 0 aromatic heterocycles. The summed E-state index contributed by atoms with van der Waals surface area (Å²) in [4.78, 5) is 18.4. The lowest BCUT2D eigenvalue weighted by Crippen LogP contribution is -2.47. The number of nitrogens with zero attached hydrogens (tertiary/aromatic N) is 2. The molecule has 42 heavy (non-hydrogen) atoms. The van der Waals surface area contributed by atoms with Crippen LogP contribution < -0.4 is 9.46 Å². The minimum Gasteiger partial charge on any atom is -0.490 e. The van der Waals surface area contributed by atoms with Gasteiger partial charge in [-0.05, 0) is 89.2 Å². The lowest BCUT2D eigenvalue weighted by Gasteiger charge is -2.36. The molecule has 2 aromatic carbocycles. The van der Waals surface area contributed by atoms with Gasteiger partial charge in [-0.1, -0.05) is 25.1 Å². The molecule has 4 rings (SSSR count). The summed E-state index contributed by atoms with van der Waals surface area (Å²) in [6.07, 6.45) is 4.95. The van der Waals surface area contributed by atoms with E-state index in [-0.39, 0.29) is 46.8 Å². The van der Waals surface area contributed by atoms with Crippen LogP contribution in [0, 0.1) is 11.8 Å². The fourth-order valence-corrected chi connectivity index (χ4v) is 6.46. The van der Waals surface area contributed by atoms with E-state index in [9.17, 15) is 18.3 Å². The normalized spacial score (nSPS) is 23.5. The second kappa shape index (κ2) is 14.7. The highest BCUT2D eigenvalue weighted by molar-refractivity contribution is 7.92. The number of benzene rings is 2. The maximum Gasteiger partial charge on any atom is 0.261 e. The van der Waals surface area contributed by atoms with Gasteiger partial charge in [-0.25, -0.2) is 8.42 Å². The van der Waals surface area contributed by atoms with Gasteiger partial charge in [0.05, 0.1) is 35.3 Å². The molecule has 232 valence electrons. The van der Waals surface area contributed by atoms with Gasteiger partial charge in [0.15, 0.2) is 0 Å². The maximum absolute atomic E-state index is 14.2. The number of carbonyl (C=O) groups excluding carboxylic acids is 1. The number of rotatable bonds is 9. The van der Waals surface area contributed by atoms with E-state index in [1.54, 1.807) is 35.2 Å². The van der Waals surface area contributed by atoms with Crippen molar-refractivity contribution in [3.63, 3.8) is 0 Å². The largest absolute Gasteiger partial charge is 0.490 e. The second-order valence-corrected chi connectivity index (χ2v) is 13.8. The highest BCUT2D eigenvalue weighted by Crippen LogP contribution is 2.31. The van der Waals surface area contributed by atoms with Crippen molar-refractivity contribution >= 4 is 21.6 Å². The average molecular weight is 602 g/mol. The zero-order valence-electron chi connectivity index (χ0n) is 25.4. The molecule has 0 saturated heterocycles. The Kier molecular flexibility index (Phi) is 11.3. The molecule has 1 amide bonds. The number of sulfonamides is 1. The number of ether oxygens (including phenoxy) is 2. The van der Waals surface area contributed by atoms with E-state index in [1.807, 2.05) is 13.8 Å². The molecule has 2 aromatic rings. The van der Waals surface area contributed by atoms with Crippen LogP contribution in [0.25, 0.3) is 0 Å². The summed E-state index contributed by atoms with van der Waals surface area (Å²) in [7, 11) is -1.73. The summed E-state index contributed by atoms with van der Waals surface area (Å²) in [5.41, 5.74) is 0.513. The van der Waals surface area contributed by atoms with Gasteiger partial charge in [0, 0.05) is 37.8 Å². The van der Waals surface area contributed by atoms with Crippen molar-refractivity contribution in [2.75, 3.05) is 44.6 Å². The Bertz CT molecular complexity index is 1270. The molecule has 0 unspecified atom stereocenters. The van der Waals surface area contributed by atoms with Gasteiger partial charge in [0.1, 0.15) is 5.75 Å². The molecule has 1 saturated carbocycles. The van der Waals surface area contributed by atoms with E-state index in [2.05, 4.69) is 23.6 Å². The van der Waals surface area contributed by atoms with Crippen LogP contribution in [0.4, 0.5) is 5.69 Å². The fraction of sp³-hybridized carbons (Fsp3) is 0.594. The number of anilines is 1. The van der Waals surface area contributed by atoms with Gasteiger partial charge in [-0.15, -0.1) is 0 Å². The van der Waals surface area contributed by atoms with E-state index in [0.29, 0.717) is 18.9 Å². The quantitative estimate of drug-likeness (QED) is 0.432. The Morgan fingerprint density at radius 3 is 2.50 bits per heavy atom. The number of amides is 1. The van der Waals surface area contributed by atoms with Crippen molar-refractivity contribution in [1.82, 2.24) is 9.80 Å². The molecule has 10 heteroatoms. The zero-order chi connectivity index (χ0) is 30.3. The number of carbonyl (C=O) groups is 1. The number of hydrogen-bond donors (Lipinski definition) is 2. The minimum absolute atomic E-state index is 0.00407. The third kappa shape index (κ3) is 8.92. The van der Waals surface area contributed by atoms with Crippen molar-refractivity contribution in [2.24, 2.45) is 11.8 Å². The molecular weight excluding hydrogens is 554 g/mol. The predicted octanol–water partition coefficient (Wildman–Crippen LogP) is 4.62. The van der Waals surface area contributed by atoms with Crippen molar-refractivity contribution in [1.29, 1.82) is 0 Å². The van der Waals surface area contributed by atoms with Crippen LogP contribution in [0.1, 0.15) is 63.2 Å². The molecule has 9 nitrogen and oxygen atoms in total. The lowest BCUT2D eigenvalue weighted by molar-refractivity contribution is -0.0172. The molecule has 0 bridgehead atoms. The Hall–Kier alpha value is -2.66. The Balaban J connectivity index is 1.65. The SMILES string of the molecule is C[C@@H]1CCCCO[C@@H](CN(C)CC2CC2)[C@@H](C)CN([C@H](C)CO)C(=O)c2cc(NS(=O)(=O)c3ccccc3)ccc2O1. The van der Waals surface area contributed by atoms with Crippen LogP contribution >= 0.6 is 0 Å². The first-order valence-corrected chi connectivity index (χ1v) is 16.7. The number of aliphatic hydroxyl groups is 1. The zero-order valence-corrected chi connectivity index (χ0v) is 26.2. The highest BCUT2D eigenvalue weighted by Gasteiger charge is 2.31. The van der Waals surface area contributed by atoms with Gasteiger partial charge in [-0.3, -0.25) is 9.52 Å². The van der Waals surface area contributed by atoms with Gasteiger partial charge >= 0.3 is 0 Å². The summed E-state index contributed by atoms with van der Waals surface area (Å²) in [5, 5.41) is 10.1. The minimum atomic E-state index is -3.86. The van der Waals surface area contributed by atoms with Crippen molar-refractivity contribution in [3.8, 4) is 5.75 Å². The Morgan fingerprint density at radius 2 is 1.81 bits per heavy atom. The van der Waals surface area contributed by atoms with Gasteiger partial charge in [0.2, 0.25) is 0 Å². The van der Waals surface area contributed by atoms with Crippen LogP contribution in [-0.4, -0.2) is 87.4 Å². The summed E-state index contributed by atoms with van der Waals surface area (Å²) in [6, 6.07) is 12.4. The van der Waals surface area contributed by atoms with E-state index in [4.69, 9.17) is 9.47 Å². The molecule has 2 N–H and O–H groups in total. The Labute approximate surface area is 251 Å². The summed E-state index contributed by atoms with van der Waals surface area (Å²) >= 11 is 0. The summed E-state index contributed by atoms with van der Waals surface area (Å²) in [6.45, 7) is 8.50. The molecule has 0 radical (unpaired) electrons. The monoisotopic (exact) mass is 601 g/mol. The van der Waals surface area contributed by atoms with Gasteiger partial charge in [0.25, 0.3) is 15.9 Å². The summed E-state index contributed by atoms with van der Waals surface area (Å²) in [5.74, 6) is 0.832. The highest BCUT2D eigenvalue weighted by atomic mass is 32.2. The van der Waals surface area contributed by atoms with E-state index in [0.717, 1.165) is 38.3 Å². The molecular formula is C32H47N3O6S. The van der Waals surface area contributed by atoms with E-state index in [1.165, 1.54) is 31.0 Å². The van der Waals surface area contributed by atoms with Gasteiger partial charge < -0.3 is 24.4 Å². The van der Waals surface area contributed by atoms with Crippen LogP contribution in [0.3, 0.4) is 0 Å². The smallest absolute Gasteiger partial charge is 0.261 e. The van der Waals surface area contributed by atoms with Crippen LogP contribution in [-0.2, 0) is 14.8 Å². The third-order valence-corrected chi connectivity index (χ3v) is 9.51. The van der Waals surface area contributed by atoms with E-state index < -0.39 is 16.1 Å². The molecule has 0 spiro atoms. The van der Waals surface area contributed by atoms with E-state index >= 15 is 0 Å². The maximum atomic E-state index is 14.2. The van der Waals surface area contributed by atoms with Crippen LogP contribution in [0.5, 0.6) is 5.75 Å². The topological polar surface area (TPSA) is 108 Å². The van der Waals surface area contributed by atoms with Crippen molar-refractivity contribution < 1.29 is 27.8 Å². The molecule has 1 aliphatic carbocycles. The first kappa shape index (κ1) is 32.3. The molecule has 1 fully saturated rings. The Morgan fingerprint density at radius 1 is 1.07 bits per heavy atom. The number of hydrogen-bond acceptors (Lipinski definition) is 7. The number of likely N-dealkylation sites (N-methyl/N-ethyl adjacent to an activating group) is 1. The summed E-state index contributed by atoms with van der Waals surface area (Å²) < 4.78 is 41.4. The molecule has 4 atom stereocenters. The number of nitrogens with one attached hydrogen (secondary N) is 1. The van der Waals surface area contributed by atoms with Crippen LogP contribution in [0.2, 0.25) is 0 Å². The van der Waals surface area contributed by atoms with Gasteiger partial charge in [-0.2, -0.15) is 0 Å².